The van der Waals surface area contributed by atoms with Crippen molar-refractivity contribution in [1.82, 2.24) is 5.32 Å². The van der Waals surface area contributed by atoms with Crippen molar-refractivity contribution in [3.63, 3.8) is 0 Å². The standard InChI is InChI=1S/C17H16N2O5/c20-15(21)12-6-8-13(9-7-12)18-17(24)19-14(16(22)23)10-11-4-2-1-3-5-11/h1-9,14H,10H2,(H,20,21)(H,22,23)(H2,18,19,24). The van der Waals surface area contributed by atoms with Gasteiger partial charge in [-0.1, -0.05) is 30.3 Å². The van der Waals surface area contributed by atoms with Crippen molar-refractivity contribution >= 4 is 23.7 Å². The Morgan fingerprint density at radius 3 is 2.08 bits per heavy atom. The van der Waals surface area contributed by atoms with Gasteiger partial charge in [0.2, 0.25) is 0 Å². The number of aliphatic carboxylic acids is 1. The lowest BCUT2D eigenvalue weighted by Gasteiger charge is -2.15. The summed E-state index contributed by atoms with van der Waals surface area (Å²) in [5, 5.41) is 22.9. The van der Waals surface area contributed by atoms with E-state index in [2.05, 4.69) is 10.6 Å². The number of aromatic carboxylic acids is 1. The Labute approximate surface area is 137 Å². The minimum Gasteiger partial charge on any atom is -0.480 e. The van der Waals surface area contributed by atoms with E-state index in [1.807, 2.05) is 6.07 Å². The molecule has 2 amide bonds. The van der Waals surface area contributed by atoms with E-state index in [9.17, 15) is 19.5 Å². The summed E-state index contributed by atoms with van der Waals surface area (Å²) in [5.74, 6) is -2.21. The molecule has 7 heteroatoms. The van der Waals surface area contributed by atoms with Crippen LogP contribution in [0.4, 0.5) is 10.5 Å². The zero-order valence-electron chi connectivity index (χ0n) is 12.6. The Morgan fingerprint density at radius 2 is 1.54 bits per heavy atom. The molecule has 1 atom stereocenters. The van der Waals surface area contributed by atoms with Gasteiger partial charge >= 0.3 is 18.0 Å². The van der Waals surface area contributed by atoms with Gasteiger partial charge < -0.3 is 20.8 Å². The lowest BCUT2D eigenvalue weighted by Crippen LogP contribution is -2.44. The SMILES string of the molecule is O=C(Nc1ccc(C(=O)O)cc1)NC(Cc1ccccc1)C(=O)O. The number of carbonyl (C=O) groups is 3. The summed E-state index contributed by atoms with van der Waals surface area (Å²) in [4.78, 5) is 34.0. The molecule has 4 N–H and O–H groups in total. The fourth-order valence-electron chi connectivity index (χ4n) is 2.07. The molecule has 2 aromatic carbocycles. The van der Waals surface area contributed by atoms with Crippen LogP contribution in [0.5, 0.6) is 0 Å². The number of urea groups is 1. The third-order valence-corrected chi connectivity index (χ3v) is 3.28. The van der Waals surface area contributed by atoms with Crippen LogP contribution in [0, 0.1) is 0 Å². The van der Waals surface area contributed by atoms with Crippen molar-refractivity contribution in [2.45, 2.75) is 12.5 Å². The van der Waals surface area contributed by atoms with Gasteiger partial charge in [-0.15, -0.1) is 0 Å². The summed E-state index contributed by atoms with van der Waals surface area (Å²) in [6.45, 7) is 0. The molecule has 2 aromatic rings. The number of carboxylic acid groups (broad SMARTS) is 2. The van der Waals surface area contributed by atoms with Crippen LogP contribution in [0.3, 0.4) is 0 Å². The van der Waals surface area contributed by atoms with E-state index in [4.69, 9.17) is 5.11 Å². The van der Waals surface area contributed by atoms with Crippen LogP contribution in [0.2, 0.25) is 0 Å². The Hall–Kier alpha value is -3.35. The zero-order valence-corrected chi connectivity index (χ0v) is 12.6. The van der Waals surface area contributed by atoms with E-state index >= 15 is 0 Å². The molecule has 2 rings (SSSR count). The monoisotopic (exact) mass is 328 g/mol. The van der Waals surface area contributed by atoms with Gasteiger partial charge in [0.15, 0.2) is 0 Å². The summed E-state index contributed by atoms with van der Waals surface area (Å²) in [7, 11) is 0. The number of anilines is 1. The molecule has 0 aliphatic rings. The largest absolute Gasteiger partial charge is 0.480 e. The number of hydrogen-bond donors (Lipinski definition) is 4. The fraction of sp³-hybridized carbons (Fsp3) is 0.118. The number of nitrogens with one attached hydrogen (secondary N) is 2. The van der Waals surface area contributed by atoms with Gasteiger partial charge in [-0.2, -0.15) is 0 Å². The van der Waals surface area contributed by atoms with Crippen LogP contribution < -0.4 is 10.6 Å². The van der Waals surface area contributed by atoms with Gasteiger partial charge in [0, 0.05) is 12.1 Å². The predicted molar refractivity (Wildman–Crippen MR) is 87.1 cm³/mol. The van der Waals surface area contributed by atoms with Gasteiger partial charge in [0.1, 0.15) is 6.04 Å². The molecule has 0 radical (unpaired) electrons. The number of benzene rings is 2. The Bertz CT molecular complexity index is 728. The van der Waals surface area contributed by atoms with Gasteiger partial charge in [0.05, 0.1) is 5.56 Å². The predicted octanol–water partition coefficient (Wildman–Crippen LogP) is 2.20. The maximum absolute atomic E-state index is 11.9. The molecule has 0 saturated carbocycles. The normalized spacial score (nSPS) is 11.3. The van der Waals surface area contributed by atoms with Crippen LogP contribution in [-0.4, -0.2) is 34.2 Å². The van der Waals surface area contributed by atoms with E-state index in [-0.39, 0.29) is 12.0 Å². The third-order valence-electron chi connectivity index (χ3n) is 3.28. The second kappa shape index (κ2) is 7.77. The van der Waals surface area contributed by atoms with Crippen molar-refractivity contribution in [1.29, 1.82) is 0 Å². The van der Waals surface area contributed by atoms with Crippen molar-refractivity contribution in [3.8, 4) is 0 Å². The highest BCUT2D eigenvalue weighted by Crippen LogP contribution is 2.10. The summed E-state index contributed by atoms with van der Waals surface area (Å²) >= 11 is 0. The molecule has 1 unspecified atom stereocenters. The maximum Gasteiger partial charge on any atom is 0.335 e. The first kappa shape index (κ1) is 17.0. The number of carbonyl (C=O) groups excluding carboxylic acids is 1. The lowest BCUT2D eigenvalue weighted by molar-refractivity contribution is -0.139. The molecule has 0 heterocycles. The highest BCUT2D eigenvalue weighted by atomic mass is 16.4. The molecule has 0 aliphatic carbocycles. The Morgan fingerprint density at radius 1 is 0.917 bits per heavy atom. The van der Waals surface area contributed by atoms with Crippen molar-refractivity contribution in [2.75, 3.05) is 5.32 Å². The topological polar surface area (TPSA) is 116 Å². The van der Waals surface area contributed by atoms with Crippen molar-refractivity contribution in [3.05, 3.63) is 65.7 Å². The second-order valence-corrected chi connectivity index (χ2v) is 5.06. The quantitative estimate of drug-likeness (QED) is 0.649. The first-order valence-corrected chi connectivity index (χ1v) is 7.13. The molecular formula is C17H16N2O5. The maximum atomic E-state index is 11.9. The molecule has 7 nitrogen and oxygen atoms in total. The molecule has 124 valence electrons. The van der Waals surface area contributed by atoms with Crippen LogP contribution in [0.25, 0.3) is 0 Å². The van der Waals surface area contributed by atoms with Gasteiger partial charge in [-0.3, -0.25) is 0 Å². The van der Waals surface area contributed by atoms with E-state index in [0.717, 1.165) is 5.56 Å². The van der Waals surface area contributed by atoms with E-state index in [0.29, 0.717) is 5.69 Å². The summed E-state index contributed by atoms with van der Waals surface area (Å²) < 4.78 is 0. The smallest absolute Gasteiger partial charge is 0.335 e. The summed E-state index contributed by atoms with van der Waals surface area (Å²) in [6, 6.07) is 12.7. The summed E-state index contributed by atoms with van der Waals surface area (Å²) in [5.41, 5.74) is 1.24. The molecule has 0 aliphatic heterocycles. The van der Waals surface area contributed by atoms with Gasteiger partial charge in [-0.25, -0.2) is 14.4 Å². The van der Waals surface area contributed by atoms with Crippen LogP contribution >= 0.6 is 0 Å². The van der Waals surface area contributed by atoms with E-state index in [1.165, 1.54) is 24.3 Å². The van der Waals surface area contributed by atoms with Crippen molar-refractivity contribution < 1.29 is 24.6 Å². The highest BCUT2D eigenvalue weighted by molar-refractivity contribution is 5.93. The average Bonchev–Trinajstić information content (AvgIpc) is 2.55. The Kier molecular flexibility index (Phi) is 5.51. The third kappa shape index (κ3) is 4.84. The fourth-order valence-corrected chi connectivity index (χ4v) is 2.07. The van der Waals surface area contributed by atoms with Crippen LogP contribution in [-0.2, 0) is 11.2 Å². The molecule has 0 aromatic heterocycles. The molecule has 0 spiro atoms. The van der Waals surface area contributed by atoms with Crippen LogP contribution in [0.15, 0.2) is 54.6 Å². The zero-order chi connectivity index (χ0) is 17.5. The summed E-state index contributed by atoms with van der Waals surface area (Å²) in [6.07, 6.45) is 0.154. The molecule has 24 heavy (non-hydrogen) atoms. The van der Waals surface area contributed by atoms with E-state index < -0.39 is 24.0 Å². The Balaban J connectivity index is 1.97. The van der Waals surface area contributed by atoms with Gasteiger partial charge in [-0.05, 0) is 29.8 Å². The lowest BCUT2D eigenvalue weighted by atomic mass is 10.1. The first-order chi connectivity index (χ1) is 11.5. The minimum absolute atomic E-state index is 0.0912. The first-order valence-electron chi connectivity index (χ1n) is 7.13. The average molecular weight is 328 g/mol. The highest BCUT2D eigenvalue weighted by Gasteiger charge is 2.20. The second-order valence-electron chi connectivity index (χ2n) is 5.06. The minimum atomic E-state index is -1.14. The molecule has 0 bridgehead atoms. The number of carboxylic acids is 2. The number of rotatable bonds is 6. The number of hydrogen-bond acceptors (Lipinski definition) is 3. The van der Waals surface area contributed by atoms with E-state index in [1.54, 1.807) is 24.3 Å². The van der Waals surface area contributed by atoms with Crippen molar-refractivity contribution in [2.24, 2.45) is 0 Å². The van der Waals surface area contributed by atoms with Crippen LogP contribution in [0.1, 0.15) is 15.9 Å². The van der Waals surface area contributed by atoms with Gasteiger partial charge in [0.25, 0.3) is 0 Å². The molecule has 0 fully saturated rings. The molecular weight excluding hydrogens is 312 g/mol. The molecule has 0 saturated heterocycles. The number of amides is 2.